The van der Waals surface area contributed by atoms with Crippen LogP contribution in [0.2, 0.25) is 0 Å². The maximum Gasteiger partial charge on any atom is 0.297 e. The topological polar surface area (TPSA) is 18.5 Å². The van der Waals surface area contributed by atoms with Gasteiger partial charge in [0.25, 0.3) is 5.69 Å². The predicted molar refractivity (Wildman–Crippen MR) is 115 cm³/mol. The third-order valence-corrected chi connectivity index (χ3v) is 9.70. The van der Waals surface area contributed by atoms with E-state index in [1.54, 1.807) is 11.4 Å². The fourth-order valence-electron chi connectivity index (χ4n) is 2.36. The monoisotopic (exact) mass is 454 g/mol. The summed E-state index contributed by atoms with van der Waals surface area (Å²) < 4.78 is 13.2. The summed E-state index contributed by atoms with van der Waals surface area (Å²) in [7, 11) is 0. The lowest BCUT2D eigenvalue weighted by molar-refractivity contribution is 0.291. The first-order valence-corrected chi connectivity index (χ1v) is 12.3. The summed E-state index contributed by atoms with van der Waals surface area (Å²) in [6.07, 6.45) is 3.25. The van der Waals surface area contributed by atoms with Gasteiger partial charge >= 0.3 is 0 Å². The Kier molecular flexibility index (Phi) is 9.28. The predicted octanol–water partition coefficient (Wildman–Crippen LogP) is 6.68. The van der Waals surface area contributed by atoms with Crippen molar-refractivity contribution in [2.24, 2.45) is 5.92 Å². The van der Waals surface area contributed by atoms with Gasteiger partial charge in [-0.25, -0.2) is 0 Å². The van der Waals surface area contributed by atoms with Crippen LogP contribution in [0.1, 0.15) is 33.1 Å². The van der Waals surface area contributed by atoms with E-state index in [1.807, 2.05) is 24.3 Å². The van der Waals surface area contributed by atoms with Crippen molar-refractivity contribution >= 4 is 58.3 Å². The molecule has 23 heavy (non-hydrogen) atoms. The van der Waals surface area contributed by atoms with Crippen LogP contribution in [0.4, 0.5) is 0 Å². The van der Waals surface area contributed by atoms with E-state index in [0.717, 1.165) is 29.5 Å². The molecule has 0 unspecified atom stereocenters. The van der Waals surface area contributed by atoms with E-state index in [2.05, 4.69) is 36.4 Å². The quantitative estimate of drug-likeness (QED) is 0.374. The van der Waals surface area contributed by atoms with Gasteiger partial charge in [-0.15, -0.1) is 0 Å². The van der Waals surface area contributed by atoms with Gasteiger partial charge in [-0.2, -0.15) is 13.5 Å². The molecular formula is C16H24BrO2PS3. The number of hydrogen-bond acceptors (Lipinski definition) is 4. The summed E-state index contributed by atoms with van der Waals surface area (Å²) in [5.74, 6) is 1.30. The van der Waals surface area contributed by atoms with Crippen LogP contribution in [0.3, 0.4) is 0 Å². The highest BCUT2D eigenvalue weighted by atomic mass is 79.9. The van der Waals surface area contributed by atoms with Gasteiger partial charge in [0.2, 0.25) is 0 Å². The van der Waals surface area contributed by atoms with Crippen LogP contribution in [0.5, 0.6) is 5.75 Å². The molecule has 0 N–H and O–H groups in total. The highest BCUT2D eigenvalue weighted by Crippen LogP contribution is 2.63. The maximum atomic E-state index is 6.08. The third-order valence-electron chi connectivity index (χ3n) is 3.67. The SMILES string of the molecule is C=C(C)[C@H]1CCO[P@@](=S)(Oc2ccc(Br)cc2)S[C@@H](C)CC1.S. The molecule has 0 aromatic heterocycles. The van der Waals surface area contributed by atoms with Crippen LogP contribution in [0.15, 0.2) is 40.9 Å². The highest BCUT2D eigenvalue weighted by molar-refractivity contribution is 9.10. The number of rotatable bonds is 3. The van der Waals surface area contributed by atoms with Crippen molar-refractivity contribution in [2.75, 3.05) is 6.61 Å². The van der Waals surface area contributed by atoms with E-state index in [0.29, 0.717) is 17.8 Å². The molecule has 0 bridgehead atoms. The Balaban J connectivity index is 0.00000264. The van der Waals surface area contributed by atoms with Crippen molar-refractivity contribution in [1.82, 2.24) is 0 Å². The summed E-state index contributed by atoms with van der Waals surface area (Å²) >= 11 is 10.9. The lowest BCUT2D eigenvalue weighted by Gasteiger charge is -2.24. The molecule has 0 amide bonds. The van der Waals surface area contributed by atoms with E-state index >= 15 is 0 Å². The van der Waals surface area contributed by atoms with E-state index in [9.17, 15) is 0 Å². The molecule has 0 saturated carbocycles. The van der Waals surface area contributed by atoms with Crippen molar-refractivity contribution in [2.45, 2.75) is 38.4 Å². The minimum absolute atomic E-state index is 0. The van der Waals surface area contributed by atoms with Gasteiger partial charge in [-0.05, 0) is 68.2 Å². The molecule has 130 valence electrons. The second-order valence-corrected chi connectivity index (χ2v) is 13.1. The minimum atomic E-state index is -2.36. The van der Waals surface area contributed by atoms with Crippen LogP contribution < -0.4 is 4.52 Å². The van der Waals surface area contributed by atoms with Crippen LogP contribution in [0, 0.1) is 5.92 Å². The molecule has 1 heterocycles. The van der Waals surface area contributed by atoms with Crippen LogP contribution >= 0.6 is 46.5 Å². The number of allylic oxidation sites excluding steroid dienone is 1. The number of benzene rings is 1. The van der Waals surface area contributed by atoms with Crippen molar-refractivity contribution in [3.8, 4) is 5.75 Å². The van der Waals surface area contributed by atoms with Crippen LogP contribution in [-0.2, 0) is 16.3 Å². The van der Waals surface area contributed by atoms with E-state index in [4.69, 9.17) is 20.9 Å². The van der Waals surface area contributed by atoms with Crippen molar-refractivity contribution in [3.05, 3.63) is 40.9 Å². The molecule has 1 saturated heterocycles. The minimum Gasteiger partial charge on any atom is -0.436 e. The van der Waals surface area contributed by atoms with Crippen molar-refractivity contribution in [3.63, 3.8) is 0 Å². The Morgan fingerprint density at radius 2 is 2.00 bits per heavy atom. The van der Waals surface area contributed by atoms with Crippen LogP contribution in [0.25, 0.3) is 0 Å². The average Bonchev–Trinajstić information content (AvgIpc) is 2.51. The normalized spacial score (nSPS) is 28.7. The molecule has 2 rings (SSSR count). The summed E-state index contributed by atoms with van der Waals surface area (Å²) in [4.78, 5) is 0. The standard InChI is InChI=1S/C16H22BrO2PS2.H2S/c1-12(2)14-5-4-13(3)22-20(21,18-11-10-14)19-16-8-6-15(17)7-9-16;/h6-9,13-14H,1,4-5,10-11H2,2-3H3;1H2/t13-,14+,20-;/m0./s1. The second kappa shape index (κ2) is 9.88. The Labute approximate surface area is 164 Å². The maximum absolute atomic E-state index is 6.08. The van der Waals surface area contributed by atoms with E-state index < -0.39 is 5.69 Å². The van der Waals surface area contributed by atoms with Gasteiger partial charge in [-0.1, -0.05) is 46.4 Å². The summed E-state index contributed by atoms with van der Waals surface area (Å²) in [6, 6.07) is 7.77. The number of hydrogen-bond donors (Lipinski definition) is 0. The first-order valence-electron chi connectivity index (χ1n) is 7.41. The summed E-state index contributed by atoms with van der Waals surface area (Å²) in [5.41, 5.74) is -1.12. The van der Waals surface area contributed by atoms with Gasteiger partial charge in [0.05, 0.1) is 6.61 Å². The zero-order chi connectivity index (χ0) is 16.2. The van der Waals surface area contributed by atoms with Gasteiger partial charge in [0, 0.05) is 9.72 Å². The molecule has 3 atom stereocenters. The molecule has 1 aromatic carbocycles. The molecule has 1 aliphatic heterocycles. The lowest BCUT2D eigenvalue weighted by Crippen LogP contribution is -2.06. The number of halogens is 1. The first-order chi connectivity index (χ1) is 10.4. The van der Waals surface area contributed by atoms with E-state index in [1.165, 1.54) is 5.57 Å². The fraction of sp³-hybridized carbons (Fsp3) is 0.500. The Hall–Kier alpha value is 0.550. The second-order valence-electron chi connectivity index (χ2n) is 5.65. The molecule has 2 nitrogen and oxygen atoms in total. The van der Waals surface area contributed by atoms with E-state index in [-0.39, 0.29) is 13.5 Å². The summed E-state index contributed by atoms with van der Waals surface area (Å²) in [5, 5.41) is 0.432. The Morgan fingerprint density at radius 3 is 2.61 bits per heavy atom. The molecule has 1 fully saturated rings. The summed E-state index contributed by atoms with van der Waals surface area (Å²) in [6.45, 7) is 9.06. The van der Waals surface area contributed by atoms with Crippen LogP contribution in [-0.4, -0.2) is 11.9 Å². The first kappa shape index (κ1) is 21.6. The smallest absolute Gasteiger partial charge is 0.297 e. The van der Waals surface area contributed by atoms with Crippen molar-refractivity contribution < 1.29 is 9.05 Å². The highest BCUT2D eigenvalue weighted by Gasteiger charge is 2.28. The molecule has 0 radical (unpaired) electrons. The zero-order valence-corrected chi connectivity index (χ0v) is 18.6. The van der Waals surface area contributed by atoms with Gasteiger partial charge in [0.15, 0.2) is 0 Å². The average molecular weight is 455 g/mol. The lowest BCUT2D eigenvalue weighted by atomic mass is 9.93. The van der Waals surface area contributed by atoms with Gasteiger partial charge in [0.1, 0.15) is 5.75 Å². The van der Waals surface area contributed by atoms with Crippen molar-refractivity contribution in [1.29, 1.82) is 0 Å². The van der Waals surface area contributed by atoms with Gasteiger partial charge < -0.3 is 9.05 Å². The third kappa shape index (κ3) is 7.13. The molecule has 0 aliphatic carbocycles. The molecule has 1 aromatic rings. The fourth-order valence-corrected chi connectivity index (χ4v) is 8.40. The molecule has 0 spiro atoms. The Bertz CT molecular complexity index is 565. The zero-order valence-electron chi connectivity index (χ0n) is 13.5. The largest absolute Gasteiger partial charge is 0.436 e. The molecule has 7 heteroatoms. The van der Waals surface area contributed by atoms with Gasteiger partial charge in [-0.3, -0.25) is 0 Å². The molecular weight excluding hydrogens is 431 g/mol. The molecule has 1 aliphatic rings. The Morgan fingerprint density at radius 1 is 1.35 bits per heavy atom.